The highest BCUT2D eigenvalue weighted by atomic mass is 35.5. The minimum absolute atomic E-state index is 0.0930. The smallest absolute Gasteiger partial charge is 0.433 e. The molecule has 0 spiro atoms. The summed E-state index contributed by atoms with van der Waals surface area (Å²) in [7, 11) is 0. The van der Waals surface area contributed by atoms with Crippen LogP contribution in [0.4, 0.5) is 14.5 Å². The van der Waals surface area contributed by atoms with Crippen molar-refractivity contribution in [3.8, 4) is 16.5 Å². The molecule has 1 aromatic carbocycles. The van der Waals surface area contributed by atoms with Crippen molar-refractivity contribution in [2.24, 2.45) is 0 Å². The number of aromatic nitrogens is 2. The maximum absolute atomic E-state index is 12.2. The molecular formula is C15H10ClF2N3O4S. The molecule has 3 aromatic rings. The van der Waals surface area contributed by atoms with E-state index in [1.807, 2.05) is 0 Å². The molecule has 0 aliphatic rings. The van der Waals surface area contributed by atoms with Crippen LogP contribution in [0.15, 0.2) is 45.0 Å². The number of thiophene rings is 1. The maximum atomic E-state index is 12.2. The standard InChI is InChI=1S/C15H10ClF2N3O4S/c16-9-6-8(3-4-10(9)24-14(17)18)19-12(22)7-21-13(20-25-15(21)23)11-2-1-5-26-11/h1-6,14H,7H2,(H,19,22). The Morgan fingerprint density at radius 1 is 1.42 bits per heavy atom. The number of ether oxygens (including phenoxy) is 1. The lowest BCUT2D eigenvalue weighted by Gasteiger charge is -2.10. The number of rotatable bonds is 6. The number of halogens is 3. The highest BCUT2D eigenvalue weighted by Gasteiger charge is 2.17. The van der Waals surface area contributed by atoms with Crippen LogP contribution in [-0.4, -0.2) is 22.2 Å². The fourth-order valence-corrected chi connectivity index (χ4v) is 3.04. The molecule has 3 rings (SSSR count). The van der Waals surface area contributed by atoms with Gasteiger partial charge in [-0.3, -0.25) is 9.32 Å². The van der Waals surface area contributed by atoms with Crippen molar-refractivity contribution in [1.29, 1.82) is 0 Å². The van der Waals surface area contributed by atoms with E-state index in [2.05, 4.69) is 19.7 Å². The molecule has 7 nitrogen and oxygen atoms in total. The number of hydrogen-bond donors (Lipinski definition) is 1. The summed E-state index contributed by atoms with van der Waals surface area (Å²) < 4.78 is 34.4. The number of benzene rings is 1. The molecule has 0 aliphatic carbocycles. The van der Waals surface area contributed by atoms with Crippen LogP contribution in [0.5, 0.6) is 5.75 Å². The normalized spacial score (nSPS) is 10.9. The van der Waals surface area contributed by atoms with Gasteiger partial charge in [-0.1, -0.05) is 22.8 Å². The van der Waals surface area contributed by atoms with E-state index in [1.54, 1.807) is 17.5 Å². The van der Waals surface area contributed by atoms with Gasteiger partial charge < -0.3 is 10.1 Å². The van der Waals surface area contributed by atoms with E-state index in [9.17, 15) is 18.4 Å². The van der Waals surface area contributed by atoms with Crippen molar-refractivity contribution >= 4 is 34.5 Å². The number of carbonyl (C=O) groups is 1. The molecule has 0 bridgehead atoms. The first kappa shape index (κ1) is 18.1. The van der Waals surface area contributed by atoms with Gasteiger partial charge in [0.05, 0.1) is 9.90 Å². The Labute approximate surface area is 153 Å². The first-order valence-corrected chi connectivity index (χ1v) is 8.34. The van der Waals surface area contributed by atoms with Crippen molar-refractivity contribution < 1.29 is 22.8 Å². The van der Waals surface area contributed by atoms with Crippen LogP contribution in [0.25, 0.3) is 10.7 Å². The lowest BCUT2D eigenvalue weighted by Crippen LogP contribution is -2.25. The number of hydrogen-bond acceptors (Lipinski definition) is 6. The minimum Gasteiger partial charge on any atom is -0.433 e. The summed E-state index contributed by atoms with van der Waals surface area (Å²) in [6, 6.07) is 7.31. The zero-order chi connectivity index (χ0) is 18.7. The fraction of sp³-hybridized carbons (Fsp3) is 0.133. The highest BCUT2D eigenvalue weighted by Crippen LogP contribution is 2.29. The maximum Gasteiger partial charge on any atom is 0.442 e. The summed E-state index contributed by atoms with van der Waals surface area (Å²) in [6.45, 7) is -3.35. The first-order chi connectivity index (χ1) is 12.4. The molecule has 0 radical (unpaired) electrons. The second-order valence-corrected chi connectivity index (χ2v) is 6.26. The molecule has 0 saturated heterocycles. The molecule has 11 heteroatoms. The van der Waals surface area contributed by atoms with Gasteiger partial charge in [0, 0.05) is 5.69 Å². The lowest BCUT2D eigenvalue weighted by molar-refractivity contribution is -0.116. The van der Waals surface area contributed by atoms with Gasteiger partial charge in [-0.05, 0) is 29.6 Å². The molecule has 26 heavy (non-hydrogen) atoms. The summed E-state index contributed by atoms with van der Waals surface area (Å²) in [6.07, 6.45) is 0. The average Bonchev–Trinajstić information content (AvgIpc) is 3.20. The molecule has 0 saturated carbocycles. The zero-order valence-corrected chi connectivity index (χ0v) is 14.4. The third kappa shape index (κ3) is 4.09. The van der Waals surface area contributed by atoms with Gasteiger partial charge in [-0.15, -0.1) is 11.3 Å². The number of alkyl halides is 2. The van der Waals surface area contributed by atoms with Gasteiger partial charge in [-0.25, -0.2) is 9.36 Å². The van der Waals surface area contributed by atoms with Gasteiger partial charge >= 0.3 is 12.4 Å². The topological polar surface area (TPSA) is 86.4 Å². The lowest BCUT2D eigenvalue weighted by atomic mass is 10.3. The van der Waals surface area contributed by atoms with Crippen molar-refractivity contribution in [3.05, 3.63) is 51.3 Å². The van der Waals surface area contributed by atoms with E-state index in [0.29, 0.717) is 4.88 Å². The molecule has 0 aliphatic heterocycles. The zero-order valence-electron chi connectivity index (χ0n) is 12.8. The first-order valence-electron chi connectivity index (χ1n) is 7.08. The Morgan fingerprint density at radius 2 is 2.23 bits per heavy atom. The fourth-order valence-electron chi connectivity index (χ4n) is 2.10. The molecule has 0 fully saturated rings. The Morgan fingerprint density at radius 3 is 2.88 bits per heavy atom. The molecule has 136 valence electrons. The number of anilines is 1. The van der Waals surface area contributed by atoms with Crippen molar-refractivity contribution in [1.82, 2.24) is 9.72 Å². The van der Waals surface area contributed by atoms with Crippen molar-refractivity contribution in [2.45, 2.75) is 13.2 Å². The van der Waals surface area contributed by atoms with Gasteiger partial charge in [0.15, 0.2) is 5.82 Å². The Balaban J connectivity index is 1.73. The Kier molecular flexibility index (Phi) is 5.33. The van der Waals surface area contributed by atoms with E-state index in [0.717, 1.165) is 4.57 Å². The van der Waals surface area contributed by atoms with Crippen LogP contribution in [-0.2, 0) is 11.3 Å². The Hall–Kier alpha value is -2.72. The largest absolute Gasteiger partial charge is 0.442 e. The van der Waals surface area contributed by atoms with Crippen molar-refractivity contribution in [3.63, 3.8) is 0 Å². The highest BCUT2D eigenvalue weighted by molar-refractivity contribution is 7.13. The van der Waals surface area contributed by atoms with Gasteiger partial charge in [0.25, 0.3) is 0 Å². The number of nitrogens with zero attached hydrogens (tertiary/aromatic N) is 2. The molecule has 1 amide bonds. The van der Waals surface area contributed by atoms with E-state index in [-0.39, 0.29) is 28.8 Å². The van der Waals surface area contributed by atoms with Gasteiger partial charge in [-0.2, -0.15) is 8.78 Å². The Bertz CT molecular complexity index is 972. The predicted octanol–water partition coefficient (Wildman–Crippen LogP) is 3.46. The van der Waals surface area contributed by atoms with Crippen LogP contribution < -0.4 is 15.8 Å². The van der Waals surface area contributed by atoms with Crippen LogP contribution in [0.3, 0.4) is 0 Å². The molecule has 2 aromatic heterocycles. The van der Waals surface area contributed by atoms with Crippen molar-refractivity contribution in [2.75, 3.05) is 5.32 Å². The summed E-state index contributed by atoms with van der Waals surface area (Å²) >= 11 is 7.17. The second-order valence-electron chi connectivity index (χ2n) is 4.91. The van der Waals surface area contributed by atoms with E-state index in [1.165, 1.54) is 29.5 Å². The summed E-state index contributed by atoms with van der Waals surface area (Å²) in [5.74, 6) is -1.30. The summed E-state index contributed by atoms with van der Waals surface area (Å²) in [5, 5.41) is 7.88. The predicted molar refractivity (Wildman–Crippen MR) is 90.8 cm³/mol. The SMILES string of the molecule is O=C(Cn1c(-c2cccs2)noc1=O)Nc1ccc(OC(F)F)c(Cl)c1. The minimum atomic E-state index is -3.01. The molecule has 0 atom stereocenters. The van der Waals surface area contributed by atoms with Crippen LogP contribution in [0.2, 0.25) is 5.02 Å². The number of nitrogens with one attached hydrogen (secondary N) is 1. The number of carbonyl (C=O) groups excluding carboxylic acids is 1. The number of amides is 1. The third-order valence-corrected chi connectivity index (χ3v) is 4.32. The summed E-state index contributed by atoms with van der Waals surface area (Å²) in [4.78, 5) is 24.6. The van der Waals surface area contributed by atoms with E-state index >= 15 is 0 Å². The molecular weight excluding hydrogens is 392 g/mol. The molecule has 2 heterocycles. The van der Waals surface area contributed by atoms with Gasteiger partial charge in [0.1, 0.15) is 12.3 Å². The van der Waals surface area contributed by atoms with E-state index < -0.39 is 18.3 Å². The van der Waals surface area contributed by atoms with Crippen LogP contribution in [0.1, 0.15) is 0 Å². The monoisotopic (exact) mass is 401 g/mol. The second kappa shape index (κ2) is 7.67. The van der Waals surface area contributed by atoms with Crippen LogP contribution in [0, 0.1) is 0 Å². The molecule has 1 N–H and O–H groups in total. The average molecular weight is 402 g/mol. The summed E-state index contributed by atoms with van der Waals surface area (Å²) in [5.41, 5.74) is 0.254. The molecule has 0 unspecified atom stereocenters. The van der Waals surface area contributed by atoms with Gasteiger partial charge in [0.2, 0.25) is 5.91 Å². The van der Waals surface area contributed by atoms with E-state index in [4.69, 9.17) is 11.6 Å². The third-order valence-electron chi connectivity index (χ3n) is 3.16. The van der Waals surface area contributed by atoms with Crippen LogP contribution >= 0.6 is 22.9 Å². The quantitative estimate of drug-likeness (QED) is 0.683.